The Labute approximate surface area is 205 Å². The van der Waals surface area contributed by atoms with Gasteiger partial charge in [0.15, 0.2) is 0 Å². The third-order valence-corrected chi connectivity index (χ3v) is 10.9. The highest BCUT2D eigenvalue weighted by Gasteiger charge is 2.80. The molecule has 1 spiro atoms. The summed E-state index contributed by atoms with van der Waals surface area (Å²) in [7, 11) is 1.75. The third kappa shape index (κ3) is 2.42. The monoisotopic (exact) mass is 486 g/mol. The Morgan fingerprint density at radius 3 is 2.50 bits per heavy atom. The smallest absolute Gasteiger partial charge is 0.201 e. The molecule has 0 amide bonds. The van der Waals surface area contributed by atoms with Gasteiger partial charge in [0, 0.05) is 29.4 Å². The van der Waals surface area contributed by atoms with Crippen LogP contribution in [0.15, 0.2) is 18.2 Å². The summed E-state index contributed by atoms with van der Waals surface area (Å²) in [5, 5.41) is 36.6. The molecule has 3 fully saturated rings. The zero-order valence-electron chi connectivity index (χ0n) is 20.5. The Kier molecular flexibility index (Phi) is 4.70. The van der Waals surface area contributed by atoms with E-state index in [0.29, 0.717) is 16.2 Å². The van der Waals surface area contributed by atoms with Crippen LogP contribution < -0.4 is 0 Å². The van der Waals surface area contributed by atoms with E-state index in [-0.39, 0.29) is 35.2 Å². The number of ether oxygens (including phenoxy) is 1. The van der Waals surface area contributed by atoms with Crippen molar-refractivity contribution < 1.29 is 20.1 Å². The zero-order valence-corrected chi connectivity index (χ0v) is 21.3. The molecule has 0 aliphatic heterocycles. The lowest BCUT2D eigenvalue weighted by atomic mass is 9.36. The largest absolute Gasteiger partial charge is 0.387 e. The molecule has 1 aromatic heterocycles. The van der Waals surface area contributed by atoms with Crippen LogP contribution in [0.3, 0.4) is 0 Å². The van der Waals surface area contributed by atoms with Gasteiger partial charge >= 0.3 is 0 Å². The van der Waals surface area contributed by atoms with Gasteiger partial charge in [0.2, 0.25) is 5.79 Å². The minimum atomic E-state index is -2.35. The molecule has 4 aliphatic carbocycles. The molecule has 1 aromatic carbocycles. The van der Waals surface area contributed by atoms with Crippen molar-refractivity contribution in [1.29, 1.82) is 0 Å². The lowest BCUT2D eigenvalue weighted by Gasteiger charge is -2.71. The van der Waals surface area contributed by atoms with Crippen LogP contribution >= 0.6 is 11.6 Å². The molecule has 7 heteroatoms. The predicted octanol–water partition coefficient (Wildman–Crippen LogP) is 4.18. The van der Waals surface area contributed by atoms with E-state index >= 15 is 0 Å². The standard InChI is InChI=1S/C27H35ClN2O4/c1-13-15-7-9-18-25(4)19(34-5)10-11-24(2,3)21(25)23(31)27(32,33)26(13,18)22-20(15)29-16-8-6-14(28)12-17(16)30-22/h6,8,12-13,15,18-19,21,23,31-33H,7,9-11H2,1-5H3/t13-,15-,18?,19+,21?,23+,25-,26+/m1/s1. The number of hydrogen-bond acceptors (Lipinski definition) is 6. The Hall–Kier alpha value is -1.31. The van der Waals surface area contributed by atoms with Crippen LogP contribution in [0.2, 0.25) is 5.02 Å². The predicted molar refractivity (Wildman–Crippen MR) is 129 cm³/mol. The van der Waals surface area contributed by atoms with E-state index < -0.39 is 22.7 Å². The third-order valence-electron chi connectivity index (χ3n) is 10.7. The maximum Gasteiger partial charge on any atom is 0.201 e. The maximum atomic E-state index is 12.1. The average Bonchev–Trinajstić information content (AvgIpc) is 2.89. The first kappa shape index (κ1) is 23.1. The van der Waals surface area contributed by atoms with Crippen molar-refractivity contribution in [2.45, 2.75) is 82.7 Å². The van der Waals surface area contributed by atoms with Crippen molar-refractivity contribution in [2.75, 3.05) is 7.11 Å². The number of aliphatic hydroxyl groups is 3. The molecule has 1 heterocycles. The summed E-state index contributed by atoms with van der Waals surface area (Å²) in [5.41, 5.74) is 0.987. The molecule has 8 atom stereocenters. The minimum absolute atomic E-state index is 0.0578. The molecule has 3 N–H and O–H groups in total. The van der Waals surface area contributed by atoms with Gasteiger partial charge in [-0.05, 0) is 61.1 Å². The van der Waals surface area contributed by atoms with Crippen LogP contribution in [0, 0.1) is 28.6 Å². The topological polar surface area (TPSA) is 95.7 Å². The van der Waals surface area contributed by atoms with Gasteiger partial charge in [-0.3, -0.25) is 0 Å². The summed E-state index contributed by atoms with van der Waals surface area (Å²) >= 11 is 6.28. The van der Waals surface area contributed by atoms with Crippen LogP contribution in [0.25, 0.3) is 11.0 Å². The quantitative estimate of drug-likeness (QED) is 0.523. The fourth-order valence-electron chi connectivity index (χ4n) is 9.45. The van der Waals surface area contributed by atoms with Crippen molar-refractivity contribution in [3.8, 4) is 0 Å². The molecule has 184 valence electrons. The molecular weight excluding hydrogens is 452 g/mol. The molecule has 6 nitrogen and oxygen atoms in total. The van der Waals surface area contributed by atoms with E-state index in [1.54, 1.807) is 13.2 Å². The molecule has 0 radical (unpaired) electrons. The number of halogens is 1. The first-order valence-electron chi connectivity index (χ1n) is 12.6. The second kappa shape index (κ2) is 6.92. The number of hydrogen-bond donors (Lipinski definition) is 3. The summed E-state index contributed by atoms with van der Waals surface area (Å²) in [5.74, 6) is -2.90. The van der Waals surface area contributed by atoms with Crippen LogP contribution in [0.4, 0.5) is 0 Å². The summed E-state index contributed by atoms with van der Waals surface area (Å²) in [6, 6.07) is 5.46. The van der Waals surface area contributed by atoms with E-state index in [1.807, 2.05) is 12.1 Å². The average molecular weight is 487 g/mol. The van der Waals surface area contributed by atoms with E-state index in [9.17, 15) is 15.3 Å². The maximum absolute atomic E-state index is 12.1. The van der Waals surface area contributed by atoms with Gasteiger partial charge in [-0.25, -0.2) is 9.97 Å². The van der Waals surface area contributed by atoms with Crippen molar-refractivity contribution in [2.24, 2.45) is 28.6 Å². The molecule has 6 rings (SSSR count). The molecule has 3 saturated carbocycles. The SMILES string of the molecule is CO[C@H]1CCC(C)(C)C2[C@H](O)C(O)(O)[C@]34c5nc6cc(Cl)ccc6nc5[C@H](CCC3[C@@]21C)[C@H]4C. The minimum Gasteiger partial charge on any atom is -0.387 e. The van der Waals surface area contributed by atoms with Crippen LogP contribution in [0.5, 0.6) is 0 Å². The van der Waals surface area contributed by atoms with Crippen molar-refractivity contribution in [3.63, 3.8) is 0 Å². The van der Waals surface area contributed by atoms with Gasteiger partial charge in [0.1, 0.15) is 6.10 Å². The highest BCUT2D eigenvalue weighted by Crippen LogP contribution is 2.75. The summed E-state index contributed by atoms with van der Waals surface area (Å²) < 4.78 is 6.11. The first-order valence-corrected chi connectivity index (χ1v) is 12.9. The molecule has 34 heavy (non-hydrogen) atoms. The number of aliphatic hydroxyl groups excluding tert-OH is 1. The number of benzene rings is 1. The van der Waals surface area contributed by atoms with Gasteiger partial charge in [-0.2, -0.15) is 0 Å². The molecule has 2 aromatic rings. The fourth-order valence-corrected chi connectivity index (χ4v) is 9.62. The van der Waals surface area contributed by atoms with Crippen molar-refractivity contribution in [1.82, 2.24) is 9.97 Å². The molecule has 4 aliphatic rings. The Morgan fingerprint density at radius 1 is 1.06 bits per heavy atom. The number of nitrogens with zero attached hydrogens (tertiary/aromatic N) is 2. The van der Waals surface area contributed by atoms with Crippen LogP contribution in [-0.4, -0.2) is 50.4 Å². The van der Waals surface area contributed by atoms with E-state index in [0.717, 1.165) is 36.9 Å². The van der Waals surface area contributed by atoms with Gasteiger partial charge in [0.25, 0.3) is 0 Å². The lowest BCUT2D eigenvalue weighted by molar-refractivity contribution is -0.374. The normalized spacial score (nSPS) is 43.8. The fraction of sp³-hybridized carbons (Fsp3) is 0.704. The summed E-state index contributed by atoms with van der Waals surface area (Å²) in [6.07, 6.45) is 2.02. The summed E-state index contributed by atoms with van der Waals surface area (Å²) in [4.78, 5) is 10.1. The van der Waals surface area contributed by atoms with E-state index in [1.165, 1.54) is 0 Å². The first-order chi connectivity index (χ1) is 15.9. The van der Waals surface area contributed by atoms with Gasteiger partial charge in [0.05, 0.1) is 33.9 Å². The summed E-state index contributed by atoms with van der Waals surface area (Å²) in [6.45, 7) is 8.59. The Balaban J connectivity index is 1.68. The van der Waals surface area contributed by atoms with Crippen LogP contribution in [0.1, 0.15) is 70.7 Å². The van der Waals surface area contributed by atoms with E-state index in [4.69, 9.17) is 26.3 Å². The van der Waals surface area contributed by atoms with Crippen molar-refractivity contribution >= 4 is 22.6 Å². The van der Waals surface area contributed by atoms with E-state index in [2.05, 4.69) is 27.7 Å². The molecule has 2 bridgehead atoms. The highest BCUT2D eigenvalue weighted by atomic mass is 35.5. The second-order valence-corrected chi connectivity index (χ2v) is 12.7. The van der Waals surface area contributed by atoms with Gasteiger partial charge in [-0.1, -0.05) is 39.3 Å². The Morgan fingerprint density at radius 2 is 1.79 bits per heavy atom. The van der Waals surface area contributed by atoms with Crippen LogP contribution in [-0.2, 0) is 10.2 Å². The van der Waals surface area contributed by atoms with Gasteiger partial charge in [-0.15, -0.1) is 0 Å². The number of rotatable bonds is 1. The Bertz CT molecular complexity index is 1180. The van der Waals surface area contributed by atoms with Gasteiger partial charge < -0.3 is 20.1 Å². The second-order valence-electron chi connectivity index (χ2n) is 12.3. The number of methoxy groups -OCH3 is 1. The lowest BCUT2D eigenvalue weighted by Crippen LogP contribution is -2.79. The molecule has 0 saturated heterocycles. The zero-order chi connectivity index (χ0) is 24.4. The van der Waals surface area contributed by atoms with Crippen molar-refractivity contribution in [3.05, 3.63) is 34.6 Å². The highest BCUT2D eigenvalue weighted by molar-refractivity contribution is 6.31. The molecular formula is C27H35ClN2O4. The number of aromatic nitrogens is 2. The number of fused-ring (bicyclic) bond motifs is 6. The molecule has 2 unspecified atom stereocenters.